The Kier molecular flexibility index (Phi) is 4.13. The van der Waals surface area contributed by atoms with Crippen molar-refractivity contribution in [3.63, 3.8) is 0 Å². The number of fused-ring (bicyclic) bond motifs is 1. The highest BCUT2D eigenvalue weighted by molar-refractivity contribution is 5.80. The Morgan fingerprint density at radius 3 is 2.68 bits per heavy atom. The minimum atomic E-state index is -0.815. The van der Waals surface area contributed by atoms with Crippen LogP contribution in [0.25, 0.3) is 10.9 Å². The number of piperidine rings is 1. The molecule has 1 N–H and O–H groups in total. The van der Waals surface area contributed by atoms with Gasteiger partial charge in [-0.25, -0.2) is 9.78 Å². The van der Waals surface area contributed by atoms with Crippen LogP contribution in [0.4, 0.5) is 10.6 Å². The maximum atomic E-state index is 11.2. The first-order valence-electron chi connectivity index (χ1n) is 7.79. The number of amides is 1. The number of anilines is 1. The molecule has 1 aliphatic heterocycles. The molecule has 1 aromatic heterocycles. The van der Waals surface area contributed by atoms with Gasteiger partial charge in [0.05, 0.1) is 5.52 Å². The summed E-state index contributed by atoms with van der Waals surface area (Å²) < 4.78 is 0. The quantitative estimate of drug-likeness (QED) is 0.945. The fourth-order valence-corrected chi connectivity index (χ4v) is 3.19. The molecule has 1 aliphatic rings. The minimum Gasteiger partial charge on any atom is -0.465 e. The van der Waals surface area contributed by atoms with Crippen LogP contribution in [0.1, 0.15) is 19.8 Å². The number of rotatable bonds is 3. The normalized spacial score (nSPS) is 16.0. The molecule has 0 atom stereocenters. The van der Waals surface area contributed by atoms with Crippen LogP contribution >= 0.6 is 0 Å². The lowest BCUT2D eigenvalue weighted by atomic mass is 10.0. The Morgan fingerprint density at radius 2 is 2.00 bits per heavy atom. The molecule has 1 aromatic carbocycles. The van der Waals surface area contributed by atoms with Gasteiger partial charge in [-0.15, -0.1) is 0 Å². The Balaban J connectivity index is 1.71. The zero-order valence-corrected chi connectivity index (χ0v) is 12.8. The van der Waals surface area contributed by atoms with Crippen molar-refractivity contribution in [1.82, 2.24) is 9.88 Å². The topological polar surface area (TPSA) is 56.7 Å². The number of nitrogens with zero attached hydrogens (tertiary/aromatic N) is 3. The Hall–Kier alpha value is -2.30. The molecule has 5 heteroatoms. The summed E-state index contributed by atoms with van der Waals surface area (Å²) in [6, 6.07) is 12.4. The van der Waals surface area contributed by atoms with Crippen LogP contribution in [0.15, 0.2) is 36.4 Å². The molecule has 0 bridgehead atoms. The number of hydrogen-bond donors (Lipinski definition) is 1. The van der Waals surface area contributed by atoms with Crippen molar-refractivity contribution in [1.29, 1.82) is 0 Å². The fraction of sp³-hybridized carbons (Fsp3) is 0.412. The first kappa shape index (κ1) is 14.6. The van der Waals surface area contributed by atoms with Crippen LogP contribution in [0.3, 0.4) is 0 Å². The van der Waals surface area contributed by atoms with Crippen LogP contribution in [0.2, 0.25) is 0 Å². The third-order valence-electron chi connectivity index (χ3n) is 4.40. The molecule has 22 heavy (non-hydrogen) atoms. The van der Waals surface area contributed by atoms with E-state index >= 15 is 0 Å². The second-order valence-electron chi connectivity index (χ2n) is 5.65. The first-order valence-corrected chi connectivity index (χ1v) is 7.79. The zero-order valence-electron chi connectivity index (χ0n) is 12.8. The predicted molar refractivity (Wildman–Crippen MR) is 87.4 cm³/mol. The summed E-state index contributed by atoms with van der Waals surface area (Å²) in [6.07, 6.45) is 0.897. The van der Waals surface area contributed by atoms with E-state index in [4.69, 9.17) is 4.98 Å². The van der Waals surface area contributed by atoms with Crippen molar-refractivity contribution >= 4 is 22.8 Å². The molecule has 0 radical (unpaired) electrons. The van der Waals surface area contributed by atoms with Gasteiger partial charge < -0.3 is 14.9 Å². The van der Waals surface area contributed by atoms with Gasteiger partial charge in [0, 0.05) is 31.1 Å². The summed E-state index contributed by atoms with van der Waals surface area (Å²) in [5, 5.41) is 10.4. The standard InChI is InChI=1S/C17H21N3O2/c1-2-20(17(21)22)14-9-11-19(12-10-14)16-8-7-13-5-3-4-6-15(13)18-16/h3-8,14H,2,9-12H2,1H3,(H,21,22). The van der Waals surface area contributed by atoms with E-state index in [-0.39, 0.29) is 6.04 Å². The van der Waals surface area contributed by atoms with E-state index in [0.717, 1.165) is 42.7 Å². The second kappa shape index (κ2) is 6.22. The molecular weight excluding hydrogens is 278 g/mol. The highest BCUT2D eigenvalue weighted by Crippen LogP contribution is 2.23. The molecule has 1 fully saturated rings. The number of pyridine rings is 1. The molecule has 0 spiro atoms. The van der Waals surface area contributed by atoms with Gasteiger partial charge in [0.2, 0.25) is 0 Å². The SMILES string of the molecule is CCN(C(=O)O)C1CCN(c2ccc3ccccc3n2)CC1. The fourth-order valence-electron chi connectivity index (χ4n) is 3.19. The Morgan fingerprint density at radius 1 is 1.27 bits per heavy atom. The van der Waals surface area contributed by atoms with Gasteiger partial charge in [-0.3, -0.25) is 0 Å². The molecule has 1 amide bonds. The number of carbonyl (C=O) groups is 1. The monoisotopic (exact) mass is 299 g/mol. The van der Waals surface area contributed by atoms with Crippen molar-refractivity contribution in [2.45, 2.75) is 25.8 Å². The minimum absolute atomic E-state index is 0.124. The second-order valence-corrected chi connectivity index (χ2v) is 5.65. The molecule has 3 rings (SSSR count). The van der Waals surface area contributed by atoms with Crippen molar-refractivity contribution < 1.29 is 9.90 Å². The van der Waals surface area contributed by atoms with E-state index in [1.807, 2.05) is 25.1 Å². The molecule has 0 unspecified atom stereocenters. The average molecular weight is 299 g/mol. The summed E-state index contributed by atoms with van der Waals surface area (Å²) in [5.74, 6) is 0.982. The zero-order chi connectivity index (χ0) is 15.5. The van der Waals surface area contributed by atoms with Crippen LogP contribution in [0, 0.1) is 0 Å². The summed E-state index contributed by atoms with van der Waals surface area (Å²) in [5.41, 5.74) is 1.00. The van der Waals surface area contributed by atoms with Gasteiger partial charge in [-0.1, -0.05) is 18.2 Å². The third-order valence-corrected chi connectivity index (χ3v) is 4.40. The third kappa shape index (κ3) is 2.84. The number of benzene rings is 1. The molecule has 2 aromatic rings. The Labute approximate surface area is 130 Å². The number of aromatic nitrogens is 1. The lowest BCUT2D eigenvalue weighted by Crippen LogP contribution is -2.47. The van der Waals surface area contributed by atoms with Gasteiger partial charge in [-0.05, 0) is 38.0 Å². The van der Waals surface area contributed by atoms with Gasteiger partial charge in [0.1, 0.15) is 5.82 Å². The number of para-hydroxylation sites is 1. The average Bonchev–Trinajstić information content (AvgIpc) is 2.55. The highest BCUT2D eigenvalue weighted by Gasteiger charge is 2.27. The van der Waals surface area contributed by atoms with E-state index in [2.05, 4.69) is 23.1 Å². The van der Waals surface area contributed by atoms with Crippen molar-refractivity contribution in [2.24, 2.45) is 0 Å². The van der Waals surface area contributed by atoms with Crippen molar-refractivity contribution in [3.8, 4) is 0 Å². The number of hydrogen-bond acceptors (Lipinski definition) is 3. The summed E-state index contributed by atoms with van der Waals surface area (Å²) in [7, 11) is 0. The van der Waals surface area contributed by atoms with Crippen LogP contribution in [-0.4, -0.2) is 46.8 Å². The number of carboxylic acid groups (broad SMARTS) is 1. The van der Waals surface area contributed by atoms with Crippen LogP contribution in [-0.2, 0) is 0 Å². The van der Waals surface area contributed by atoms with Gasteiger partial charge in [-0.2, -0.15) is 0 Å². The molecule has 116 valence electrons. The molecule has 5 nitrogen and oxygen atoms in total. The van der Waals surface area contributed by atoms with E-state index < -0.39 is 6.09 Å². The summed E-state index contributed by atoms with van der Waals surface area (Å²) >= 11 is 0. The van der Waals surface area contributed by atoms with E-state index in [1.165, 1.54) is 0 Å². The van der Waals surface area contributed by atoms with E-state index in [1.54, 1.807) is 4.90 Å². The molecular formula is C17H21N3O2. The molecule has 2 heterocycles. The maximum absolute atomic E-state index is 11.2. The molecule has 1 saturated heterocycles. The lowest BCUT2D eigenvalue weighted by molar-refractivity contribution is 0.119. The first-order chi connectivity index (χ1) is 10.7. The predicted octanol–water partition coefficient (Wildman–Crippen LogP) is 3.20. The van der Waals surface area contributed by atoms with Gasteiger partial charge in [0.25, 0.3) is 0 Å². The van der Waals surface area contributed by atoms with Crippen LogP contribution in [0.5, 0.6) is 0 Å². The van der Waals surface area contributed by atoms with Crippen molar-refractivity contribution in [2.75, 3.05) is 24.5 Å². The van der Waals surface area contributed by atoms with Gasteiger partial charge in [0.15, 0.2) is 0 Å². The molecule has 0 aliphatic carbocycles. The van der Waals surface area contributed by atoms with Crippen molar-refractivity contribution in [3.05, 3.63) is 36.4 Å². The summed E-state index contributed by atoms with van der Waals surface area (Å²) in [4.78, 5) is 19.7. The van der Waals surface area contributed by atoms with Crippen LogP contribution < -0.4 is 4.90 Å². The van der Waals surface area contributed by atoms with E-state index in [9.17, 15) is 9.90 Å². The summed E-state index contributed by atoms with van der Waals surface area (Å²) in [6.45, 7) is 4.14. The smallest absolute Gasteiger partial charge is 0.407 e. The Bertz CT molecular complexity index is 666. The lowest BCUT2D eigenvalue weighted by Gasteiger charge is -2.37. The van der Waals surface area contributed by atoms with Gasteiger partial charge >= 0.3 is 6.09 Å². The largest absolute Gasteiger partial charge is 0.465 e. The maximum Gasteiger partial charge on any atom is 0.407 e. The van der Waals surface area contributed by atoms with E-state index in [0.29, 0.717) is 6.54 Å². The highest BCUT2D eigenvalue weighted by atomic mass is 16.4. The molecule has 0 saturated carbocycles.